The van der Waals surface area contributed by atoms with Crippen molar-refractivity contribution in [3.63, 3.8) is 0 Å². The molecule has 1 saturated heterocycles. The normalized spacial score (nSPS) is 19.3. The molecular weight excluding hydrogens is 288 g/mol. The molecule has 0 N–H and O–H groups in total. The van der Waals surface area contributed by atoms with Gasteiger partial charge in [0, 0.05) is 18.7 Å². The van der Waals surface area contributed by atoms with Crippen LogP contribution in [0.15, 0.2) is 34.9 Å². The van der Waals surface area contributed by atoms with E-state index in [0.717, 1.165) is 24.6 Å². The number of rotatable bonds is 6. The first-order valence-corrected chi connectivity index (χ1v) is 8.53. The average Bonchev–Trinajstić information content (AvgIpc) is 3.04. The molecule has 0 amide bonds. The van der Waals surface area contributed by atoms with Gasteiger partial charge in [-0.15, -0.1) is 0 Å². The van der Waals surface area contributed by atoms with E-state index in [1.54, 1.807) is 0 Å². The van der Waals surface area contributed by atoms with Gasteiger partial charge in [-0.1, -0.05) is 42.4 Å². The van der Waals surface area contributed by atoms with Crippen LogP contribution in [0.3, 0.4) is 0 Å². The van der Waals surface area contributed by atoms with Crippen molar-refractivity contribution in [2.45, 2.75) is 26.3 Å². The SMILES string of the molecule is CCN1CCC[C@H](CN(C)Cc2nc(-c3ccccc3)no2)C1. The van der Waals surface area contributed by atoms with Gasteiger partial charge in [-0.25, -0.2) is 0 Å². The van der Waals surface area contributed by atoms with Crippen LogP contribution in [0.4, 0.5) is 0 Å². The number of likely N-dealkylation sites (tertiary alicyclic amines) is 1. The number of benzene rings is 1. The van der Waals surface area contributed by atoms with Gasteiger partial charge >= 0.3 is 0 Å². The summed E-state index contributed by atoms with van der Waals surface area (Å²) in [7, 11) is 2.14. The fraction of sp³-hybridized carbons (Fsp3) is 0.556. The molecule has 1 aliphatic heterocycles. The van der Waals surface area contributed by atoms with Gasteiger partial charge in [0.2, 0.25) is 11.7 Å². The highest BCUT2D eigenvalue weighted by atomic mass is 16.5. The summed E-state index contributed by atoms with van der Waals surface area (Å²) < 4.78 is 5.41. The molecule has 23 heavy (non-hydrogen) atoms. The van der Waals surface area contributed by atoms with Crippen LogP contribution in [0.25, 0.3) is 11.4 Å². The maximum Gasteiger partial charge on any atom is 0.241 e. The van der Waals surface area contributed by atoms with Crippen LogP contribution in [0.5, 0.6) is 0 Å². The Morgan fingerprint density at radius 2 is 2.13 bits per heavy atom. The second-order valence-electron chi connectivity index (χ2n) is 6.48. The van der Waals surface area contributed by atoms with Gasteiger partial charge in [-0.2, -0.15) is 4.98 Å². The van der Waals surface area contributed by atoms with E-state index in [0.29, 0.717) is 18.3 Å². The third-order valence-electron chi connectivity index (χ3n) is 4.53. The van der Waals surface area contributed by atoms with Gasteiger partial charge in [0.1, 0.15) is 0 Å². The predicted octanol–water partition coefficient (Wildman–Crippen LogP) is 2.90. The monoisotopic (exact) mass is 314 g/mol. The lowest BCUT2D eigenvalue weighted by Gasteiger charge is -2.33. The minimum absolute atomic E-state index is 0.670. The summed E-state index contributed by atoms with van der Waals surface area (Å²) in [5.74, 6) is 2.10. The van der Waals surface area contributed by atoms with Crippen molar-refractivity contribution < 1.29 is 4.52 Å². The summed E-state index contributed by atoms with van der Waals surface area (Å²) in [6.07, 6.45) is 2.63. The van der Waals surface area contributed by atoms with Crippen molar-refractivity contribution in [1.29, 1.82) is 0 Å². The Kier molecular flexibility index (Phi) is 5.41. The molecule has 0 bridgehead atoms. The summed E-state index contributed by atoms with van der Waals surface area (Å²) in [4.78, 5) is 9.36. The fourth-order valence-electron chi connectivity index (χ4n) is 3.35. The Bertz CT molecular complexity index is 598. The van der Waals surface area contributed by atoms with Crippen molar-refractivity contribution in [2.24, 2.45) is 5.92 Å². The van der Waals surface area contributed by atoms with Crippen LogP contribution in [0.1, 0.15) is 25.7 Å². The third kappa shape index (κ3) is 4.39. The molecule has 124 valence electrons. The highest BCUT2D eigenvalue weighted by molar-refractivity contribution is 5.53. The molecular formula is C18H26N4O. The van der Waals surface area contributed by atoms with Gasteiger partial charge in [0.25, 0.3) is 0 Å². The molecule has 0 aliphatic carbocycles. The molecule has 2 aromatic rings. The molecule has 1 atom stereocenters. The minimum atomic E-state index is 0.670. The van der Waals surface area contributed by atoms with Gasteiger partial charge < -0.3 is 9.42 Å². The Morgan fingerprint density at radius 3 is 2.91 bits per heavy atom. The van der Waals surface area contributed by atoms with Gasteiger partial charge in [-0.05, 0) is 38.9 Å². The first-order chi connectivity index (χ1) is 11.2. The zero-order chi connectivity index (χ0) is 16.1. The van der Waals surface area contributed by atoms with Crippen LogP contribution in [-0.2, 0) is 6.54 Å². The topological polar surface area (TPSA) is 45.4 Å². The van der Waals surface area contributed by atoms with Crippen LogP contribution in [0, 0.1) is 5.92 Å². The largest absolute Gasteiger partial charge is 0.338 e. The van der Waals surface area contributed by atoms with Crippen molar-refractivity contribution in [1.82, 2.24) is 19.9 Å². The second kappa shape index (κ2) is 7.70. The fourth-order valence-corrected chi connectivity index (χ4v) is 3.35. The quantitative estimate of drug-likeness (QED) is 0.820. The van der Waals surface area contributed by atoms with Crippen molar-refractivity contribution in [3.8, 4) is 11.4 Å². The van der Waals surface area contributed by atoms with Crippen molar-refractivity contribution >= 4 is 0 Å². The first-order valence-electron chi connectivity index (χ1n) is 8.53. The average molecular weight is 314 g/mol. The highest BCUT2D eigenvalue weighted by Gasteiger charge is 2.20. The number of hydrogen-bond acceptors (Lipinski definition) is 5. The summed E-state index contributed by atoms with van der Waals surface area (Å²) in [5.41, 5.74) is 0.996. The maximum absolute atomic E-state index is 5.41. The van der Waals surface area contributed by atoms with E-state index in [-0.39, 0.29) is 0 Å². The van der Waals surface area contributed by atoms with Crippen molar-refractivity contribution in [3.05, 3.63) is 36.2 Å². The third-order valence-corrected chi connectivity index (χ3v) is 4.53. The Balaban J connectivity index is 1.54. The van der Waals surface area contributed by atoms with Gasteiger partial charge in [0.05, 0.1) is 6.54 Å². The van der Waals surface area contributed by atoms with E-state index >= 15 is 0 Å². The smallest absolute Gasteiger partial charge is 0.241 e. The standard InChI is InChI=1S/C18H26N4O/c1-3-22-11-7-8-15(13-22)12-21(2)14-17-19-18(20-23-17)16-9-5-4-6-10-16/h4-6,9-10,15H,3,7-8,11-14H2,1-2H3/t15-/m1/s1. The van der Waals surface area contributed by atoms with Crippen LogP contribution >= 0.6 is 0 Å². The molecule has 5 nitrogen and oxygen atoms in total. The zero-order valence-corrected chi connectivity index (χ0v) is 14.1. The predicted molar refractivity (Wildman–Crippen MR) is 90.9 cm³/mol. The Morgan fingerprint density at radius 1 is 1.30 bits per heavy atom. The summed E-state index contributed by atoms with van der Waals surface area (Å²) in [6, 6.07) is 9.96. The van der Waals surface area contributed by atoms with Crippen LogP contribution in [-0.4, -0.2) is 53.2 Å². The molecule has 1 fully saturated rings. The molecule has 0 radical (unpaired) electrons. The Labute approximate surface area is 138 Å². The second-order valence-corrected chi connectivity index (χ2v) is 6.48. The number of hydrogen-bond donors (Lipinski definition) is 0. The lowest BCUT2D eigenvalue weighted by molar-refractivity contribution is 0.140. The number of aromatic nitrogens is 2. The first kappa shape index (κ1) is 16.1. The van der Waals surface area contributed by atoms with Crippen LogP contribution in [0.2, 0.25) is 0 Å². The zero-order valence-electron chi connectivity index (χ0n) is 14.1. The molecule has 0 saturated carbocycles. The van der Waals surface area contributed by atoms with E-state index in [1.165, 1.54) is 25.9 Å². The Hall–Kier alpha value is -1.72. The van der Waals surface area contributed by atoms with E-state index < -0.39 is 0 Å². The molecule has 1 aliphatic rings. The maximum atomic E-state index is 5.41. The van der Waals surface area contributed by atoms with Gasteiger partial charge in [0.15, 0.2) is 0 Å². The lowest BCUT2D eigenvalue weighted by Crippen LogP contribution is -2.39. The highest BCUT2D eigenvalue weighted by Crippen LogP contribution is 2.19. The lowest BCUT2D eigenvalue weighted by atomic mass is 9.97. The molecule has 1 aromatic carbocycles. The molecule has 3 rings (SSSR count). The molecule has 0 spiro atoms. The van der Waals surface area contributed by atoms with Crippen LogP contribution < -0.4 is 0 Å². The molecule has 0 unspecified atom stereocenters. The number of piperidine rings is 1. The molecule has 2 heterocycles. The van der Waals surface area contributed by atoms with E-state index in [1.807, 2.05) is 30.3 Å². The summed E-state index contributed by atoms with van der Waals surface area (Å²) >= 11 is 0. The van der Waals surface area contributed by atoms with E-state index in [2.05, 4.69) is 33.9 Å². The molecule has 5 heteroatoms. The summed E-state index contributed by atoms with van der Waals surface area (Å²) in [5, 5.41) is 4.09. The molecule has 1 aromatic heterocycles. The van der Waals surface area contributed by atoms with E-state index in [9.17, 15) is 0 Å². The summed E-state index contributed by atoms with van der Waals surface area (Å²) in [6.45, 7) is 7.66. The van der Waals surface area contributed by atoms with Crippen molar-refractivity contribution in [2.75, 3.05) is 33.2 Å². The minimum Gasteiger partial charge on any atom is -0.338 e. The van der Waals surface area contributed by atoms with E-state index in [4.69, 9.17) is 4.52 Å². The number of nitrogens with zero attached hydrogens (tertiary/aromatic N) is 4. The van der Waals surface area contributed by atoms with Gasteiger partial charge in [-0.3, -0.25) is 4.90 Å².